The van der Waals surface area contributed by atoms with Gasteiger partial charge in [0.15, 0.2) is 10.7 Å². The van der Waals surface area contributed by atoms with Crippen molar-refractivity contribution in [2.45, 2.75) is 54.8 Å². The van der Waals surface area contributed by atoms with Crippen molar-refractivity contribution in [1.82, 2.24) is 14.8 Å². The van der Waals surface area contributed by atoms with E-state index in [4.69, 9.17) is 0 Å². The van der Waals surface area contributed by atoms with Crippen molar-refractivity contribution in [3.05, 3.63) is 54.4 Å². The molecule has 3 aromatic rings. The first kappa shape index (κ1) is 19.5. The van der Waals surface area contributed by atoms with Gasteiger partial charge in [-0.25, -0.2) is 0 Å². The zero-order valence-electron chi connectivity index (χ0n) is 17.6. The van der Waals surface area contributed by atoms with Gasteiger partial charge in [0, 0.05) is 35.5 Å². The number of carbonyl (C=O) groups is 2. The van der Waals surface area contributed by atoms with Crippen LogP contribution < -0.4 is 10.2 Å². The molecule has 2 aromatic carbocycles. The normalized spacial score (nSPS) is 21.6. The summed E-state index contributed by atoms with van der Waals surface area (Å²) < 4.78 is 2.22. The van der Waals surface area contributed by atoms with Crippen molar-refractivity contribution in [3.63, 3.8) is 0 Å². The Bertz CT molecular complexity index is 1220. The Morgan fingerprint density at radius 3 is 2.72 bits per heavy atom. The number of hydrogen-bond acceptors (Lipinski definition) is 5. The van der Waals surface area contributed by atoms with E-state index < -0.39 is 4.87 Å². The van der Waals surface area contributed by atoms with Gasteiger partial charge in [-0.15, -0.1) is 10.2 Å². The third-order valence-corrected chi connectivity index (χ3v) is 8.01. The van der Waals surface area contributed by atoms with E-state index in [1.807, 2.05) is 48.5 Å². The zero-order valence-corrected chi connectivity index (χ0v) is 18.4. The molecule has 1 fully saturated rings. The summed E-state index contributed by atoms with van der Waals surface area (Å²) in [5.74, 6) is 1.78. The van der Waals surface area contributed by atoms with Gasteiger partial charge < -0.3 is 9.88 Å². The molecule has 0 radical (unpaired) electrons. The highest BCUT2D eigenvalue weighted by molar-refractivity contribution is 8.02. The lowest BCUT2D eigenvalue weighted by molar-refractivity contribution is -0.121. The fourth-order valence-corrected chi connectivity index (χ4v) is 6.34. The number of benzene rings is 2. The number of fused-ring (bicyclic) bond motifs is 4. The topological polar surface area (TPSA) is 80.1 Å². The number of thioether (sulfide) groups is 1. The molecular formula is C24H23N5O2S. The van der Waals surface area contributed by atoms with Crippen molar-refractivity contribution in [2.24, 2.45) is 0 Å². The maximum absolute atomic E-state index is 13.4. The lowest BCUT2D eigenvalue weighted by atomic mass is 10.1. The van der Waals surface area contributed by atoms with Gasteiger partial charge >= 0.3 is 0 Å². The van der Waals surface area contributed by atoms with Gasteiger partial charge in [-0.1, -0.05) is 30.3 Å². The lowest BCUT2D eigenvalue weighted by Crippen LogP contribution is -2.49. The molecule has 3 aliphatic rings. The number of para-hydroxylation sites is 1. The highest BCUT2D eigenvalue weighted by Gasteiger charge is 2.57. The first-order chi connectivity index (χ1) is 15.7. The zero-order chi connectivity index (χ0) is 21.7. The summed E-state index contributed by atoms with van der Waals surface area (Å²) in [5.41, 5.74) is 2.53. The molecule has 6 rings (SSSR count). The van der Waals surface area contributed by atoms with E-state index in [0.29, 0.717) is 18.5 Å². The second-order valence-electron chi connectivity index (χ2n) is 8.52. The molecule has 0 aliphatic carbocycles. The third-order valence-electron chi connectivity index (χ3n) is 6.54. The summed E-state index contributed by atoms with van der Waals surface area (Å²) in [4.78, 5) is 27.8. The molecule has 0 bridgehead atoms. The molecule has 0 spiro atoms. The first-order valence-electron chi connectivity index (χ1n) is 11.1. The average Bonchev–Trinajstić information content (AvgIpc) is 3.41. The SMILES string of the molecule is O=C1CC[C@]2(C(=O)Nc3ccc(-c4nnc5n4CCCCC5)cc3)Sc3ccccc3N12. The van der Waals surface area contributed by atoms with Gasteiger partial charge in [0.25, 0.3) is 5.91 Å². The van der Waals surface area contributed by atoms with Gasteiger partial charge in [-0.2, -0.15) is 0 Å². The van der Waals surface area contributed by atoms with Crippen molar-refractivity contribution in [2.75, 3.05) is 10.2 Å². The minimum Gasteiger partial charge on any atom is -0.323 e. The van der Waals surface area contributed by atoms with Crippen LogP contribution in [0.25, 0.3) is 11.4 Å². The van der Waals surface area contributed by atoms with Gasteiger partial charge in [0.1, 0.15) is 5.82 Å². The average molecular weight is 446 g/mol. The number of carbonyl (C=O) groups excluding carboxylic acids is 2. The van der Waals surface area contributed by atoms with E-state index in [1.54, 1.807) is 4.90 Å². The number of nitrogens with zero attached hydrogens (tertiary/aromatic N) is 4. The first-order valence-corrected chi connectivity index (χ1v) is 11.9. The Kier molecular flexibility index (Phi) is 4.57. The number of rotatable bonds is 3. The van der Waals surface area contributed by atoms with Crippen LogP contribution in [0.15, 0.2) is 53.4 Å². The minimum atomic E-state index is -0.913. The van der Waals surface area contributed by atoms with Gasteiger partial charge in [0.05, 0.1) is 5.69 Å². The molecule has 4 heterocycles. The summed E-state index contributed by atoms with van der Waals surface area (Å²) >= 11 is 1.48. The van der Waals surface area contributed by atoms with Crippen molar-refractivity contribution in [3.8, 4) is 11.4 Å². The predicted octanol–water partition coefficient (Wildman–Crippen LogP) is 4.24. The highest BCUT2D eigenvalue weighted by Crippen LogP contribution is 2.56. The molecule has 0 unspecified atom stereocenters. The fraction of sp³-hybridized carbons (Fsp3) is 0.333. The lowest BCUT2D eigenvalue weighted by Gasteiger charge is -2.29. The molecular weight excluding hydrogens is 422 g/mol. The quantitative estimate of drug-likeness (QED) is 0.652. The maximum atomic E-state index is 13.4. The molecule has 1 N–H and O–H groups in total. The van der Waals surface area contributed by atoms with Crippen LogP contribution in [0.5, 0.6) is 0 Å². The number of hydrogen-bond donors (Lipinski definition) is 1. The number of amides is 2. The van der Waals surface area contributed by atoms with E-state index in [0.717, 1.165) is 53.6 Å². The highest BCUT2D eigenvalue weighted by atomic mass is 32.2. The molecule has 3 aliphatic heterocycles. The second kappa shape index (κ2) is 7.48. The molecule has 2 amide bonds. The summed E-state index contributed by atoms with van der Waals surface area (Å²) in [7, 11) is 0. The Balaban J connectivity index is 1.24. The van der Waals surface area contributed by atoms with Crippen LogP contribution in [0, 0.1) is 0 Å². The molecule has 32 heavy (non-hydrogen) atoms. The molecule has 162 valence electrons. The van der Waals surface area contributed by atoms with Crippen LogP contribution in [0.2, 0.25) is 0 Å². The van der Waals surface area contributed by atoms with E-state index in [-0.39, 0.29) is 11.8 Å². The van der Waals surface area contributed by atoms with Crippen LogP contribution in [-0.2, 0) is 22.6 Å². The standard InChI is InChI=1S/C24H23N5O2S/c30-21-13-14-24(29(21)18-6-3-4-7-19(18)32-24)23(31)25-17-11-9-16(10-12-17)22-27-26-20-8-2-1-5-15-28(20)22/h3-4,6-7,9-12H,1-2,5,8,13-15H2,(H,25,31)/t24-/m1/s1. The van der Waals surface area contributed by atoms with E-state index in [9.17, 15) is 9.59 Å². The number of aromatic nitrogens is 3. The fourth-order valence-electron chi connectivity index (χ4n) is 4.93. The number of anilines is 2. The Morgan fingerprint density at radius 2 is 1.84 bits per heavy atom. The molecule has 1 aromatic heterocycles. The van der Waals surface area contributed by atoms with Crippen LogP contribution in [0.4, 0.5) is 11.4 Å². The van der Waals surface area contributed by atoms with Crippen molar-refractivity contribution in [1.29, 1.82) is 0 Å². The summed E-state index contributed by atoms with van der Waals surface area (Å²) in [6.45, 7) is 0.945. The van der Waals surface area contributed by atoms with Crippen LogP contribution >= 0.6 is 11.8 Å². The number of aryl methyl sites for hydroxylation is 1. The van der Waals surface area contributed by atoms with E-state index in [1.165, 1.54) is 18.2 Å². The smallest absolute Gasteiger partial charge is 0.261 e. The number of nitrogens with one attached hydrogen (secondary N) is 1. The van der Waals surface area contributed by atoms with Gasteiger partial charge in [-0.05, 0) is 55.7 Å². The Hall–Kier alpha value is -3.13. The summed E-state index contributed by atoms with van der Waals surface area (Å²) in [6, 6.07) is 15.5. The predicted molar refractivity (Wildman–Crippen MR) is 123 cm³/mol. The molecule has 1 saturated heterocycles. The summed E-state index contributed by atoms with van der Waals surface area (Å²) in [5, 5.41) is 11.8. The molecule has 8 heteroatoms. The monoisotopic (exact) mass is 445 g/mol. The minimum absolute atomic E-state index is 0.000414. The molecule has 1 atom stereocenters. The Labute approximate surface area is 190 Å². The van der Waals surface area contributed by atoms with Crippen LogP contribution in [0.3, 0.4) is 0 Å². The Morgan fingerprint density at radius 1 is 1.00 bits per heavy atom. The molecule has 0 saturated carbocycles. The largest absolute Gasteiger partial charge is 0.323 e. The third kappa shape index (κ3) is 2.97. The van der Waals surface area contributed by atoms with Gasteiger partial charge in [-0.3, -0.25) is 14.5 Å². The second-order valence-corrected chi connectivity index (χ2v) is 9.84. The van der Waals surface area contributed by atoms with Crippen LogP contribution in [-0.4, -0.2) is 31.4 Å². The van der Waals surface area contributed by atoms with E-state index in [2.05, 4.69) is 20.1 Å². The summed E-state index contributed by atoms with van der Waals surface area (Å²) in [6.07, 6.45) is 5.37. The van der Waals surface area contributed by atoms with E-state index >= 15 is 0 Å². The van der Waals surface area contributed by atoms with Crippen molar-refractivity contribution >= 4 is 35.0 Å². The molecule has 7 nitrogen and oxygen atoms in total. The van der Waals surface area contributed by atoms with Crippen molar-refractivity contribution < 1.29 is 9.59 Å². The maximum Gasteiger partial charge on any atom is 0.261 e. The van der Waals surface area contributed by atoms with Gasteiger partial charge in [0.2, 0.25) is 5.91 Å². The van der Waals surface area contributed by atoms with Crippen LogP contribution in [0.1, 0.15) is 37.9 Å².